The number of anilines is 2. The summed E-state index contributed by atoms with van der Waals surface area (Å²) < 4.78 is 7.09. The van der Waals surface area contributed by atoms with E-state index in [4.69, 9.17) is 4.74 Å². The van der Waals surface area contributed by atoms with E-state index in [0.29, 0.717) is 30.6 Å². The molecule has 0 atom stereocenters. The normalized spacial score (nSPS) is 16.2. The lowest BCUT2D eigenvalue weighted by Gasteiger charge is -2.44. The lowest BCUT2D eigenvalue weighted by atomic mass is 9.90. The number of nitrogens with zero attached hydrogens (tertiary/aromatic N) is 3. The first-order chi connectivity index (χ1) is 16.6. The van der Waals surface area contributed by atoms with Crippen molar-refractivity contribution < 1.29 is 19.1 Å². The van der Waals surface area contributed by atoms with Gasteiger partial charge in [0.15, 0.2) is 6.61 Å². The molecule has 1 aliphatic carbocycles. The second kappa shape index (κ2) is 9.13. The Morgan fingerprint density at radius 1 is 1.03 bits per heavy atom. The number of fused-ring (bicyclic) bond motifs is 1. The molecular weight excluding hydrogens is 432 g/mol. The zero-order valence-corrected chi connectivity index (χ0v) is 18.8. The summed E-state index contributed by atoms with van der Waals surface area (Å²) in [5, 5.41) is 7.28. The van der Waals surface area contributed by atoms with Gasteiger partial charge < -0.3 is 10.1 Å². The van der Waals surface area contributed by atoms with E-state index in [1.165, 1.54) is 0 Å². The van der Waals surface area contributed by atoms with E-state index in [2.05, 4.69) is 10.4 Å². The summed E-state index contributed by atoms with van der Waals surface area (Å²) in [6.07, 6.45) is 7.12. The Bertz CT molecular complexity index is 1210. The second-order valence-electron chi connectivity index (χ2n) is 8.73. The highest BCUT2D eigenvalue weighted by molar-refractivity contribution is 6.15. The molecule has 5 rings (SSSR count). The number of aryl methyl sites for hydroxylation is 1. The fraction of sp³-hybridized carbons (Fsp3) is 0.308. The number of rotatable bonds is 6. The van der Waals surface area contributed by atoms with Crippen molar-refractivity contribution in [2.45, 2.75) is 44.1 Å². The number of amides is 2. The Labute approximate surface area is 197 Å². The van der Waals surface area contributed by atoms with Crippen molar-refractivity contribution in [1.82, 2.24) is 9.78 Å². The number of ether oxygens (including phenoxy) is 1. The number of para-hydroxylation sites is 3. The van der Waals surface area contributed by atoms with Gasteiger partial charge in [-0.25, -0.2) is 4.68 Å². The van der Waals surface area contributed by atoms with Crippen molar-refractivity contribution in [2.24, 2.45) is 0 Å². The van der Waals surface area contributed by atoms with Gasteiger partial charge in [-0.3, -0.25) is 19.3 Å². The van der Waals surface area contributed by atoms with Crippen LogP contribution >= 0.6 is 0 Å². The maximum absolute atomic E-state index is 13.3. The van der Waals surface area contributed by atoms with Crippen molar-refractivity contribution in [1.29, 1.82) is 0 Å². The molecule has 2 heterocycles. The second-order valence-corrected chi connectivity index (χ2v) is 8.73. The van der Waals surface area contributed by atoms with E-state index in [1.54, 1.807) is 21.8 Å². The smallest absolute Gasteiger partial charge is 0.306 e. The van der Waals surface area contributed by atoms with Gasteiger partial charge in [0.2, 0.25) is 0 Å². The number of aromatic nitrogens is 2. The maximum atomic E-state index is 13.3. The van der Waals surface area contributed by atoms with Gasteiger partial charge in [-0.1, -0.05) is 43.2 Å². The summed E-state index contributed by atoms with van der Waals surface area (Å²) >= 11 is 0. The van der Waals surface area contributed by atoms with Crippen LogP contribution in [0.5, 0.6) is 0 Å². The molecule has 8 nitrogen and oxygen atoms in total. The average molecular weight is 459 g/mol. The Morgan fingerprint density at radius 3 is 2.56 bits per heavy atom. The van der Waals surface area contributed by atoms with Crippen LogP contribution in [0.15, 0.2) is 67.0 Å². The van der Waals surface area contributed by atoms with Gasteiger partial charge >= 0.3 is 5.97 Å². The molecular formula is C26H26N4O4. The van der Waals surface area contributed by atoms with Crippen LogP contribution in [0.3, 0.4) is 0 Å². The van der Waals surface area contributed by atoms with Crippen LogP contribution in [0.25, 0.3) is 5.69 Å². The Kier molecular flexibility index (Phi) is 5.88. The predicted molar refractivity (Wildman–Crippen MR) is 127 cm³/mol. The first-order valence-electron chi connectivity index (χ1n) is 11.5. The molecule has 1 aliphatic heterocycles. The standard InChI is InChI=1S/C26H26N4O4/c31-23(30-22-11-5-4-10-21(22)28-25(33)26(30)14-6-7-15-26)18-34-24(32)13-12-19-16-27-29(17-19)20-8-2-1-3-9-20/h1-5,8-11,16-17H,6-7,12-15,18H2,(H,28,33). The van der Waals surface area contributed by atoms with E-state index in [1.807, 2.05) is 54.7 Å². The number of benzene rings is 2. The summed E-state index contributed by atoms with van der Waals surface area (Å²) in [4.78, 5) is 40.2. The molecule has 2 amide bonds. The third-order valence-corrected chi connectivity index (χ3v) is 6.56. The lowest BCUT2D eigenvalue weighted by Crippen LogP contribution is -2.61. The predicted octanol–water partition coefficient (Wildman–Crippen LogP) is 3.65. The molecule has 3 aromatic rings. The van der Waals surface area contributed by atoms with Crippen LogP contribution in [0.2, 0.25) is 0 Å². The molecule has 34 heavy (non-hydrogen) atoms. The zero-order chi connectivity index (χ0) is 23.5. The highest BCUT2D eigenvalue weighted by Crippen LogP contribution is 2.45. The monoisotopic (exact) mass is 458 g/mol. The topological polar surface area (TPSA) is 93.5 Å². The van der Waals surface area contributed by atoms with Gasteiger partial charge in [-0.15, -0.1) is 0 Å². The molecule has 2 aliphatic rings. The van der Waals surface area contributed by atoms with Crippen molar-refractivity contribution in [2.75, 3.05) is 16.8 Å². The molecule has 2 aromatic carbocycles. The van der Waals surface area contributed by atoms with Gasteiger partial charge in [-0.05, 0) is 49.1 Å². The Morgan fingerprint density at radius 2 is 1.76 bits per heavy atom. The highest BCUT2D eigenvalue weighted by Gasteiger charge is 2.52. The molecule has 1 fully saturated rings. The number of esters is 1. The summed E-state index contributed by atoms with van der Waals surface area (Å²) in [5.41, 5.74) is 2.18. The summed E-state index contributed by atoms with van der Waals surface area (Å²) in [5.74, 6) is -1.01. The first-order valence-corrected chi connectivity index (χ1v) is 11.5. The molecule has 0 unspecified atom stereocenters. The van der Waals surface area contributed by atoms with Gasteiger partial charge in [0.25, 0.3) is 11.8 Å². The van der Waals surface area contributed by atoms with E-state index in [-0.39, 0.29) is 18.2 Å². The van der Waals surface area contributed by atoms with Gasteiger partial charge in [-0.2, -0.15) is 5.10 Å². The molecule has 1 aromatic heterocycles. The molecule has 0 saturated heterocycles. The SMILES string of the molecule is O=C(CCc1cnn(-c2ccccc2)c1)OCC(=O)N1c2ccccc2NC(=O)C12CCCC2. The summed E-state index contributed by atoms with van der Waals surface area (Å²) in [6.45, 7) is -0.397. The van der Waals surface area contributed by atoms with Crippen LogP contribution < -0.4 is 10.2 Å². The highest BCUT2D eigenvalue weighted by atomic mass is 16.5. The number of hydrogen-bond donors (Lipinski definition) is 1. The fourth-order valence-electron chi connectivity index (χ4n) is 4.87. The Balaban J connectivity index is 1.22. The van der Waals surface area contributed by atoms with Crippen LogP contribution in [0.1, 0.15) is 37.7 Å². The molecule has 1 spiro atoms. The van der Waals surface area contributed by atoms with Gasteiger partial charge in [0.05, 0.1) is 23.3 Å². The largest absolute Gasteiger partial charge is 0.456 e. The van der Waals surface area contributed by atoms with Crippen LogP contribution in [-0.2, 0) is 25.5 Å². The third kappa shape index (κ3) is 4.07. The van der Waals surface area contributed by atoms with E-state index < -0.39 is 18.1 Å². The van der Waals surface area contributed by atoms with Crippen molar-refractivity contribution in [3.8, 4) is 5.69 Å². The van der Waals surface area contributed by atoms with Crippen molar-refractivity contribution in [3.63, 3.8) is 0 Å². The van der Waals surface area contributed by atoms with Crippen LogP contribution in [0, 0.1) is 0 Å². The van der Waals surface area contributed by atoms with Gasteiger partial charge in [0.1, 0.15) is 5.54 Å². The molecule has 8 heteroatoms. The number of carbonyl (C=O) groups is 3. The quantitative estimate of drug-likeness (QED) is 0.569. The van der Waals surface area contributed by atoms with Gasteiger partial charge in [0, 0.05) is 12.6 Å². The Hall–Kier alpha value is -3.94. The summed E-state index contributed by atoms with van der Waals surface area (Å²) in [6, 6.07) is 17.0. The molecule has 174 valence electrons. The summed E-state index contributed by atoms with van der Waals surface area (Å²) in [7, 11) is 0. The van der Waals surface area contributed by atoms with Crippen LogP contribution in [-0.4, -0.2) is 39.7 Å². The lowest BCUT2D eigenvalue weighted by molar-refractivity contribution is -0.148. The maximum Gasteiger partial charge on any atom is 0.306 e. The minimum absolute atomic E-state index is 0.135. The molecule has 1 saturated carbocycles. The molecule has 0 radical (unpaired) electrons. The van der Waals surface area contributed by atoms with E-state index >= 15 is 0 Å². The average Bonchev–Trinajstić information content (AvgIpc) is 3.54. The van der Waals surface area contributed by atoms with E-state index in [0.717, 1.165) is 24.1 Å². The number of carbonyl (C=O) groups excluding carboxylic acids is 3. The first kappa shape index (κ1) is 21.9. The minimum atomic E-state index is -0.913. The minimum Gasteiger partial charge on any atom is -0.456 e. The van der Waals surface area contributed by atoms with E-state index in [9.17, 15) is 14.4 Å². The van der Waals surface area contributed by atoms with Crippen molar-refractivity contribution in [3.05, 3.63) is 72.6 Å². The number of hydrogen-bond acceptors (Lipinski definition) is 5. The fourth-order valence-corrected chi connectivity index (χ4v) is 4.87. The van der Waals surface area contributed by atoms with Crippen LogP contribution in [0.4, 0.5) is 11.4 Å². The van der Waals surface area contributed by atoms with Crippen molar-refractivity contribution >= 4 is 29.2 Å². The number of nitrogens with one attached hydrogen (secondary N) is 1. The third-order valence-electron chi connectivity index (χ3n) is 6.56. The molecule has 1 N–H and O–H groups in total. The molecule has 0 bridgehead atoms. The zero-order valence-electron chi connectivity index (χ0n) is 18.8.